The number of benzene rings is 4. The van der Waals surface area contributed by atoms with Gasteiger partial charge in [-0.3, -0.25) is 0 Å². The van der Waals surface area contributed by atoms with E-state index in [9.17, 15) is 0 Å². The second kappa shape index (κ2) is 7.21. The Bertz CT molecular complexity index is 1030. The zero-order valence-electron chi connectivity index (χ0n) is 15.4. The molecule has 0 aliphatic rings. The average Bonchev–Trinajstić information content (AvgIpc) is 2.70. The third kappa shape index (κ3) is 3.43. The highest BCUT2D eigenvalue weighted by Gasteiger charge is 2.04. The Balaban J connectivity index is 1.52. The van der Waals surface area contributed by atoms with E-state index in [1.807, 2.05) is 0 Å². The van der Waals surface area contributed by atoms with Gasteiger partial charge in [-0.15, -0.1) is 0 Å². The molecule has 1 unspecified atom stereocenters. The lowest BCUT2D eigenvalue weighted by atomic mass is 9.98. The van der Waals surface area contributed by atoms with E-state index in [1.165, 1.54) is 39.1 Å². The molecule has 1 nitrogen and oxygen atoms in total. The predicted octanol–water partition coefficient (Wildman–Crippen LogP) is 7.09. The Morgan fingerprint density at radius 3 is 2.08 bits per heavy atom. The molecule has 4 rings (SSSR count). The van der Waals surface area contributed by atoms with Crippen LogP contribution in [0.3, 0.4) is 0 Å². The first kappa shape index (κ1) is 16.7. The molecule has 26 heavy (non-hydrogen) atoms. The highest BCUT2D eigenvalue weighted by atomic mass is 16.5. The van der Waals surface area contributed by atoms with E-state index in [-0.39, 0.29) is 0 Å². The Morgan fingerprint density at radius 2 is 1.38 bits per heavy atom. The van der Waals surface area contributed by atoms with Crippen molar-refractivity contribution >= 4 is 21.5 Å². The molecule has 0 aliphatic heterocycles. The van der Waals surface area contributed by atoms with Crippen molar-refractivity contribution in [3.8, 4) is 5.75 Å². The van der Waals surface area contributed by atoms with Gasteiger partial charge in [-0.25, -0.2) is 0 Å². The molecule has 0 N–H and O–H groups in total. The van der Waals surface area contributed by atoms with Gasteiger partial charge >= 0.3 is 0 Å². The fraction of sp³-hybridized carbons (Fsp3) is 0.200. The SMILES string of the molecule is CCC(C)c1ccc(COc2ccc3cc4ccccc4cc3c2)cc1. The summed E-state index contributed by atoms with van der Waals surface area (Å²) in [6.07, 6.45) is 1.17. The summed E-state index contributed by atoms with van der Waals surface area (Å²) >= 11 is 0. The summed E-state index contributed by atoms with van der Waals surface area (Å²) in [5, 5.41) is 5.00. The third-order valence-electron chi connectivity index (χ3n) is 5.24. The molecular formula is C25H24O. The first-order valence-corrected chi connectivity index (χ1v) is 9.37. The monoisotopic (exact) mass is 340 g/mol. The molecule has 130 valence electrons. The van der Waals surface area contributed by atoms with Gasteiger partial charge in [0.1, 0.15) is 12.4 Å². The number of ether oxygens (including phenoxy) is 1. The van der Waals surface area contributed by atoms with Crippen LogP contribution in [-0.4, -0.2) is 0 Å². The van der Waals surface area contributed by atoms with Crippen molar-refractivity contribution in [2.75, 3.05) is 0 Å². The molecule has 1 atom stereocenters. The summed E-state index contributed by atoms with van der Waals surface area (Å²) in [6.45, 7) is 5.09. The normalized spacial score (nSPS) is 12.4. The second-order valence-corrected chi connectivity index (χ2v) is 7.05. The van der Waals surface area contributed by atoms with Crippen molar-refractivity contribution < 1.29 is 4.74 Å². The quantitative estimate of drug-likeness (QED) is 0.352. The second-order valence-electron chi connectivity index (χ2n) is 7.05. The van der Waals surface area contributed by atoms with Gasteiger partial charge in [-0.2, -0.15) is 0 Å². The van der Waals surface area contributed by atoms with Crippen LogP contribution in [0.2, 0.25) is 0 Å². The molecule has 0 bridgehead atoms. The molecule has 0 aromatic heterocycles. The van der Waals surface area contributed by atoms with Crippen molar-refractivity contribution in [1.29, 1.82) is 0 Å². The summed E-state index contributed by atoms with van der Waals surface area (Å²) in [5.41, 5.74) is 2.60. The lowest BCUT2D eigenvalue weighted by Gasteiger charge is -2.11. The maximum absolute atomic E-state index is 6.04. The third-order valence-corrected chi connectivity index (χ3v) is 5.24. The molecule has 0 spiro atoms. The van der Waals surface area contributed by atoms with Gasteiger partial charge in [0.05, 0.1) is 0 Å². The smallest absolute Gasteiger partial charge is 0.120 e. The molecule has 0 amide bonds. The fourth-order valence-corrected chi connectivity index (χ4v) is 3.35. The van der Waals surface area contributed by atoms with Crippen LogP contribution in [0, 0.1) is 0 Å². The van der Waals surface area contributed by atoms with Crippen LogP contribution in [0.1, 0.15) is 37.3 Å². The molecule has 0 aliphatic carbocycles. The average molecular weight is 340 g/mol. The van der Waals surface area contributed by atoms with Crippen molar-refractivity contribution in [2.24, 2.45) is 0 Å². The first-order valence-electron chi connectivity index (χ1n) is 9.37. The number of fused-ring (bicyclic) bond motifs is 2. The van der Waals surface area contributed by atoms with Crippen LogP contribution in [0.15, 0.2) is 78.9 Å². The van der Waals surface area contributed by atoms with Gasteiger partial charge in [-0.1, -0.05) is 68.4 Å². The molecule has 4 aromatic rings. The van der Waals surface area contributed by atoms with Crippen LogP contribution < -0.4 is 4.74 Å². The zero-order valence-corrected chi connectivity index (χ0v) is 15.4. The number of rotatable bonds is 5. The van der Waals surface area contributed by atoms with Gasteiger partial charge < -0.3 is 4.74 Å². The fourth-order valence-electron chi connectivity index (χ4n) is 3.35. The lowest BCUT2D eigenvalue weighted by molar-refractivity contribution is 0.306. The van der Waals surface area contributed by atoms with Crippen LogP contribution in [-0.2, 0) is 6.61 Å². The summed E-state index contributed by atoms with van der Waals surface area (Å²) in [6, 6.07) is 28.1. The van der Waals surface area contributed by atoms with E-state index in [2.05, 4.69) is 92.7 Å². The van der Waals surface area contributed by atoms with Gasteiger partial charge in [0, 0.05) is 0 Å². The Morgan fingerprint density at radius 1 is 0.731 bits per heavy atom. The van der Waals surface area contributed by atoms with Crippen LogP contribution in [0.25, 0.3) is 21.5 Å². The predicted molar refractivity (Wildman–Crippen MR) is 111 cm³/mol. The molecule has 1 heteroatoms. The largest absolute Gasteiger partial charge is 0.489 e. The van der Waals surface area contributed by atoms with Crippen LogP contribution in [0.5, 0.6) is 5.75 Å². The van der Waals surface area contributed by atoms with E-state index in [1.54, 1.807) is 0 Å². The minimum absolute atomic E-state index is 0.597. The molecule has 0 fully saturated rings. The zero-order chi connectivity index (χ0) is 17.9. The minimum atomic E-state index is 0.597. The minimum Gasteiger partial charge on any atom is -0.489 e. The highest BCUT2D eigenvalue weighted by Crippen LogP contribution is 2.27. The molecule has 4 aromatic carbocycles. The van der Waals surface area contributed by atoms with Gasteiger partial charge in [0.15, 0.2) is 0 Å². The molecule has 0 saturated heterocycles. The van der Waals surface area contributed by atoms with E-state index in [4.69, 9.17) is 4.74 Å². The van der Waals surface area contributed by atoms with E-state index < -0.39 is 0 Å². The molecule has 0 saturated carbocycles. The summed E-state index contributed by atoms with van der Waals surface area (Å²) < 4.78 is 6.04. The van der Waals surface area contributed by atoms with Crippen LogP contribution >= 0.6 is 0 Å². The van der Waals surface area contributed by atoms with Crippen LogP contribution in [0.4, 0.5) is 0 Å². The maximum Gasteiger partial charge on any atom is 0.120 e. The maximum atomic E-state index is 6.04. The van der Waals surface area contributed by atoms with Gasteiger partial charge in [0.25, 0.3) is 0 Å². The summed E-state index contributed by atoms with van der Waals surface area (Å²) in [4.78, 5) is 0. The number of hydrogen-bond donors (Lipinski definition) is 0. The van der Waals surface area contributed by atoms with E-state index >= 15 is 0 Å². The molecule has 0 radical (unpaired) electrons. The Kier molecular flexibility index (Phi) is 4.62. The topological polar surface area (TPSA) is 9.23 Å². The van der Waals surface area contributed by atoms with E-state index in [0.29, 0.717) is 12.5 Å². The van der Waals surface area contributed by atoms with Crippen molar-refractivity contribution in [3.05, 3.63) is 90.0 Å². The first-order chi connectivity index (χ1) is 12.7. The highest BCUT2D eigenvalue weighted by molar-refractivity contribution is 5.98. The lowest BCUT2D eigenvalue weighted by Crippen LogP contribution is -1.97. The van der Waals surface area contributed by atoms with E-state index in [0.717, 1.165) is 5.75 Å². The molecular weight excluding hydrogens is 316 g/mol. The van der Waals surface area contributed by atoms with Gasteiger partial charge in [-0.05, 0) is 69.3 Å². The standard InChI is InChI=1S/C25H24O/c1-3-18(2)20-10-8-19(9-11-20)17-26-25-13-12-23-14-21-6-4-5-7-22(21)15-24(23)16-25/h4-16,18H,3,17H2,1-2H3. The van der Waals surface area contributed by atoms with Crippen molar-refractivity contribution in [3.63, 3.8) is 0 Å². The number of hydrogen-bond acceptors (Lipinski definition) is 1. The van der Waals surface area contributed by atoms with Crippen molar-refractivity contribution in [1.82, 2.24) is 0 Å². The van der Waals surface area contributed by atoms with Gasteiger partial charge in [0.2, 0.25) is 0 Å². The summed E-state index contributed by atoms with van der Waals surface area (Å²) in [5.74, 6) is 1.53. The Hall–Kier alpha value is -2.80. The van der Waals surface area contributed by atoms with Crippen molar-refractivity contribution in [2.45, 2.75) is 32.8 Å². The summed E-state index contributed by atoms with van der Waals surface area (Å²) in [7, 11) is 0. The Labute approximate surface area is 155 Å². The molecule has 0 heterocycles.